The van der Waals surface area contributed by atoms with Gasteiger partial charge in [0.2, 0.25) is 23.6 Å². The Hall–Kier alpha value is -4.30. The number of carbonyl (C=O) groups is 11. The molecular formula is C56H84Gd2N12O17Si. The summed E-state index contributed by atoms with van der Waals surface area (Å²) in [5.41, 5.74) is 5.25. The fourth-order valence-electron chi connectivity index (χ4n) is 9.47. The van der Waals surface area contributed by atoms with Gasteiger partial charge in [-0.1, -0.05) is 37.7 Å². The number of hydrogen-bond acceptors (Lipinski definition) is 25. The number of benzene rings is 1. The average Bonchev–Trinajstić information content (AvgIpc) is 3.64. The number of aryl methyl sites for hydroxylation is 1. The summed E-state index contributed by atoms with van der Waals surface area (Å²) in [6.07, 6.45) is 1.61. The number of rotatable bonds is 29. The molecule has 2 heterocycles. The van der Waals surface area contributed by atoms with Gasteiger partial charge in [-0.05, 0) is 50.8 Å². The standard InChI is InChI=1S/C56H90N12O17Si.2Gd/c1-41(67-27-23-63(37-51(76)77)19-15-61(35-49(72)73)16-20-64(24-28-67)38-52(78)79)55(84)58-33-47(70)57-32-45(46(69)9-7-6-8-43-10-12-44(13-11-43)14-31-86(3,4)5)60-48(71)34-59-56(85)42(2)68-29-25-65(39-53(80)81)21-17-62(36-50(74)75)18-22-66(26-30-68)40-54(82)83;;/h10-13,41-42,45H,6-9,15-30,32-40H2,1-5H3,(H,57,70)(H,58,84)(H,59,85)(H,60,71)(H,72,73)(H,74,75)(H,76,77)(H,78,79)(H,80,81)(H,82,83);;/q;2*+3/p-6. The van der Waals surface area contributed by atoms with Crippen LogP contribution in [0.2, 0.25) is 19.6 Å². The van der Waals surface area contributed by atoms with Crippen LogP contribution >= 0.6 is 0 Å². The van der Waals surface area contributed by atoms with Crippen LogP contribution in [-0.2, 0) is 59.2 Å². The van der Waals surface area contributed by atoms with Crippen molar-refractivity contribution >= 4 is 73.3 Å². The average molecular weight is 1540 g/mol. The molecule has 1 aromatic rings. The molecule has 0 saturated carbocycles. The van der Waals surface area contributed by atoms with E-state index >= 15 is 0 Å². The zero-order valence-electron chi connectivity index (χ0n) is 50.8. The van der Waals surface area contributed by atoms with Crippen molar-refractivity contribution in [3.63, 3.8) is 0 Å². The molecule has 88 heavy (non-hydrogen) atoms. The SMILES string of the molecule is CC(C(=O)NCC(=O)NCC(NC(=O)CNC(=O)C(C)N1CCN(CC(=O)[O-])CCN(CC(=O)[O-])CCN(CC(=O)[O-])CC1)C(=O)CCCCc1ccc(C#C[Si](C)(C)C)cc1)N1CCN(CC(=O)[O-])CCN(CC(=O)[O-])CCN(CC(=O)[O-])CC1.[Gd+3].[Gd+3]. The molecule has 32 heteroatoms. The molecule has 4 amide bonds. The van der Waals surface area contributed by atoms with Crippen LogP contribution in [0, 0.1) is 91.3 Å². The van der Waals surface area contributed by atoms with Crippen LogP contribution < -0.4 is 51.9 Å². The fraction of sp³-hybridized carbons (Fsp3) is 0.661. The van der Waals surface area contributed by atoms with Crippen molar-refractivity contribution in [1.82, 2.24) is 60.5 Å². The monoisotopic (exact) mass is 1540 g/mol. The summed E-state index contributed by atoms with van der Waals surface area (Å²) in [6.45, 7) is 6.24. The second kappa shape index (κ2) is 43.5. The van der Waals surface area contributed by atoms with Gasteiger partial charge < -0.3 is 80.7 Å². The van der Waals surface area contributed by atoms with E-state index in [0.29, 0.717) is 19.3 Å². The van der Waals surface area contributed by atoms with Crippen LogP contribution in [0.3, 0.4) is 0 Å². The molecular weight excluding hydrogens is 1460 g/mol. The third-order valence-electron chi connectivity index (χ3n) is 14.5. The minimum Gasteiger partial charge on any atom is -0.549 e. The molecule has 2 radical (unpaired) electrons. The summed E-state index contributed by atoms with van der Waals surface area (Å²) in [6, 6.07) is 4.58. The molecule has 2 saturated heterocycles. The van der Waals surface area contributed by atoms with Crippen LogP contribution in [0.1, 0.15) is 44.2 Å². The maximum absolute atomic E-state index is 13.9. The molecule has 0 bridgehead atoms. The van der Waals surface area contributed by atoms with Gasteiger partial charge in [-0.2, -0.15) is 0 Å². The van der Waals surface area contributed by atoms with E-state index in [-0.39, 0.29) is 191 Å². The van der Waals surface area contributed by atoms with Crippen molar-refractivity contribution < 1.29 is 163 Å². The van der Waals surface area contributed by atoms with Crippen molar-refractivity contribution in [3.05, 3.63) is 35.4 Å². The number of carboxylic acids is 6. The first-order valence-electron chi connectivity index (χ1n) is 28.8. The van der Waals surface area contributed by atoms with Crippen molar-refractivity contribution in [3.8, 4) is 11.5 Å². The molecule has 1 aromatic carbocycles. The predicted molar refractivity (Wildman–Crippen MR) is 301 cm³/mol. The Balaban J connectivity index is 0.0000194. The molecule has 2 fully saturated rings. The van der Waals surface area contributed by atoms with Gasteiger partial charge in [-0.15, -0.1) is 5.54 Å². The van der Waals surface area contributed by atoms with E-state index in [1.165, 1.54) is 43.2 Å². The van der Waals surface area contributed by atoms with Gasteiger partial charge in [-0.3, -0.25) is 63.2 Å². The van der Waals surface area contributed by atoms with E-state index in [1.807, 2.05) is 24.3 Å². The third kappa shape index (κ3) is 35.9. The number of carbonyl (C=O) groups excluding carboxylic acids is 11. The quantitative estimate of drug-likeness (QED) is 0.0329. The summed E-state index contributed by atoms with van der Waals surface area (Å²) in [5, 5.41) is 79.9. The molecule has 29 nitrogen and oxygen atoms in total. The number of amides is 4. The third-order valence-corrected chi connectivity index (χ3v) is 15.3. The van der Waals surface area contributed by atoms with Crippen LogP contribution in [0.5, 0.6) is 0 Å². The zero-order valence-corrected chi connectivity index (χ0v) is 56.3. The van der Waals surface area contributed by atoms with E-state index in [9.17, 15) is 83.4 Å². The normalized spacial score (nSPS) is 17.5. The molecule has 3 rings (SSSR count). The summed E-state index contributed by atoms with van der Waals surface area (Å²) in [7, 11) is -1.58. The molecule has 2 aliphatic heterocycles. The van der Waals surface area contributed by atoms with E-state index in [1.54, 1.807) is 9.80 Å². The first kappa shape index (κ1) is 81.7. The van der Waals surface area contributed by atoms with Crippen LogP contribution in [-0.4, -0.2) is 294 Å². The minimum atomic E-state index is -1.58. The van der Waals surface area contributed by atoms with E-state index in [2.05, 4.69) is 52.4 Å². The topological polar surface area (TPSA) is 400 Å². The molecule has 4 N–H and O–H groups in total. The molecule has 0 aromatic heterocycles. The van der Waals surface area contributed by atoms with Gasteiger partial charge in [-0.25, -0.2) is 0 Å². The summed E-state index contributed by atoms with van der Waals surface area (Å²) >= 11 is 0. The Bertz CT molecular complexity index is 2460. The predicted octanol–water partition coefficient (Wildman–Crippen LogP) is -11.2. The molecule has 2 aliphatic rings. The van der Waals surface area contributed by atoms with Gasteiger partial charge in [0.05, 0.1) is 61.0 Å². The Morgan fingerprint density at radius 2 is 0.784 bits per heavy atom. The number of nitrogens with zero attached hydrogens (tertiary/aromatic N) is 8. The maximum atomic E-state index is 13.9. The van der Waals surface area contributed by atoms with Crippen molar-refractivity contribution in [2.24, 2.45) is 0 Å². The van der Waals surface area contributed by atoms with E-state index in [0.717, 1.165) is 11.1 Å². The number of carboxylic acid groups (broad SMARTS) is 6. The van der Waals surface area contributed by atoms with Crippen LogP contribution in [0.4, 0.5) is 0 Å². The van der Waals surface area contributed by atoms with Gasteiger partial charge in [0.25, 0.3) is 0 Å². The van der Waals surface area contributed by atoms with Gasteiger partial charge in [0.15, 0.2) is 5.78 Å². The molecule has 3 unspecified atom stereocenters. The van der Waals surface area contributed by atoms with Gasteiger partial charge in [0.1, 0.15) is 14.1 Å². The zero-order chi connectivity index (χ0) is 63.9. The van der Waals surface area contributed by atoms with Gasteiger partial charge in [0, 0.05) is 163 Å². The smallest absolute Gasteiger partial charge is 0.549 e. The summed E-state index contributed by atoms with van der Waals surface area (Å²) < 4.78 is 0. The largest absolute Gasteiger partial charge is 3.00 e. The van der Waals surface area contributed by atoms with Gasteiger partial charge >= 0.3 is 79.9 Å². The first-order valence-corrected chi connectivity index (χ1v) is 32.3. The molecule has 0 aliphatic carbocycles. The van der Waals surface area contributed by atoms with E-state index < -0.39 is 150 Å². The first-order chi connectivity index (χ1) is 40.5. The second-order valence-electron chi connectivity index (χ2n) is 22.5. The molecule has 0 spiro atoms. The Morgan fingerprint density at radius 3 is 1.10 bits per heavy atom. The van der Waals surface area contributed by atoms with Crippen LogP contribution in [0.25, 0.3) is 0 Å². The number of aliphatic carboxylic acids is 6. The Morgan fingerprint density at radius 1 is 0.466 bits per heavy atom. The summed E-state index contributed by atoms with van der Waals surface area (Å²) in [4.78, 5) is 150. The number of hydrogen-bond donors (Lipinski definition) is 4. The van der Waals surface area contributed by atoms with Crippen LogP contribution in [0.15, 0.2) is 24.3 Å². The molecule has 3 atom stereocenters. The van der Waals surface area contributed by atoms with Crippen molar-refractivity contribution in [2.45, 2.75) is 77.3 Å². The Kier molecular flexibility index (Phi) is 40.4. The number of unbranched alkanes of at least 4 members (excludes halogenated alkanes) is 1. The number of nitrogens with one attached hydrogen (secondary N) is 4. The second-order valence-corrected chi connectivity index (χ2v) is 27.3. The van der Waals surface area contributed by atoms with E-state index in [4.69, 9.17) is 0 Å². The van der Waals surface area contributed by atoms with Crippen molar-refractivity contribution in [2.75, 3.05) is 164 Å². The number of ketones is 1. The maximum Gasteiger partial charge on any atom is 3.00 e. The molecule has 490 valence electrons. The minimum absolute atomic E-state index is 0. The van der Waals surface area contributed by atoms with Crippen molar-refractivity contribution in [1.29, 1.82) is 0 Å². The Labute approximate surface area is 579 Å². The fourth-order valence-corrected chi connectivity index (χ4v) is 9.99. The summed E-state index contributed by atoms with van der Waals surface area (Å²) in [5.74, 6) is -8.36. The number of Topliss-reactive ketones (excluding diaryl/α,β-unsaturated/α-hetero) is 1.